The fourth-order valence-corrected chi connectivity index (χ4v) is 4.31. The molecule has 1 fully saturated rings. The van der Waals surface area contributed by atoms with E-state index in [1.807, 2.05) is 16.8 Å². The van der Waals surface area contributed by atoms with Crippen LogP contribution in [-0.2, 0) is 13.0 Å². The molecule has 1 aliphatic rings. The van der Waals surface area contributed by atoms with Crippen LogP contribution in [0.25, 0.3) is 5.65 Å². The SMILES string of the molecule is CCc1nnc2c(N3CC(N(C)Cc4sc(C)nc4C)C3)nccn12. The summed E-state index contributed by atoms with van der Waals surface area (Å²) in [6, 6.07) is 0.525. The summed E-state index contributed by atoms with van der Waals surface area (Å²) in [4.78, 5) is 15.1. The Morgan fingerprint density at radius 1 is 1.28 bits per heavy atom. The Labute approximate surface area is 151 Å². The Bertz CT molecular complexity index is 894. The Morgan fingerprint density at radius 3 is 2.76 bits per heavy atom. The summed E-state index contributed by atoms with van der Waals surface area (Å²) in [5.41, 5.74) is 2.02. The van der Waals surface area contributed by atoms with E-state index in [-0.39, 0.29) is 0 Å². The third-order valence-corrected chi connectivity index (χ3v) is 5.93. The first-order valence-electron chi connectivity index (χ1n) is 8.63. The van der Waals surface area contributed by atoms with Gasteiger partial charge in [-0.25, -0.2) is 9.97 Å². The van der Waals surface area contributed by atoms with Crippen LogP contribution in [-0.4, -0.2) is 55.6 Å². The van der Waals surface area contributed by atoms with Gasteiger partial charge in [-0.2, -0.15) is 0 Å². The second-order valence-electron chi connectivity index (χ2n) is 6.63. The minimum absolute atomic E-state index is 0.525. The third-order valence-electron chi connectivity index (χ3n) is 4.87. The van der Waals surface area contributed by atoms with Crippen molar-refractivity contribution in [1.82, 2.24) is 29.5 Å². The van der Waals surface area contributed by atoms with Gasteiger partial charge in [-0.1, -0.05) is 6.92 Å². The number of aryl methyl sites for hydroxylation is 3. The summed E-state index contributed by atoms with van der Waals surface area (Å²) in [5, 5.41) is 9.74. The van der Waals surface area contributed by atoms with Gasteiger partial charge in [-0.3, -0.25) is 9.30 Å². The summed E-state index contributed by atoms with van der Waals surface area (Å²) >= 11 is 1.80. The quantitative estimate of drug-likeness (QED) is 0.697. The Morgan fingerprint density at radius 2 is 2.08 bits per heavy atom. The number of likely N-dealkylation sites (N-methyl/N-ethyl adjacent to an activating group) is 1. The first-order chi connectivity index (χ1) is 12.1. The zero-order valence-corrected chi connectivity index (χ0v) is 15.9. The van der Waals surface area contributed by atoms with E-state index >= 15 is 0 Å². The number of thiazole rings is 1. The second kappa shape index (κ2) is 6.34. The van der Waals surface area contributed by atoms with Crippen molar-refractivity contribution >= 4 is 22.8 Å². The maximum Gasteiger partial charge on any atom is 0.203 e. The second-order valence-corrected chi connectivity index (χ2v) is 7.92. The number of nitrogens with zero attached hydrogens (tertiary/aromatic N) is 7. The molecule has 0 bridgehead atoms. The fraction of sp³-hybridized carbons (Fsp3) is 0.529. The lowest BCUT2D eigenvalue weighted by Crippen LogP contribution is -2.58. The van der Waals surface area contributed by atoms with Gasteiger partial charge < -0.3 is 4.90 Å². The molecule has 7 nitrogen and oxygen atoms in total. The minimum Gasteiger partial charge on any atom is -0.350 e. The van der Waals surface area contributed by atoms with E-state index in [1.54, 1.807) is 11.3 Å². The van der Waals surface area contributed by atoms with E-state index in [9.17, 15) is 0 Å². The van der Waals surface area contributed by atoms with Gasteiger partial charge in [-0.15, -0.1) is 21.5 Å². The van der Waals surface area contributed by atoms with Crippen molar-refractivity contribution in [3.63, 3.8) is 0 Å². The molecule has 0 unspecified atom stereocenters. The predicted octanol–water partition coefficient (Wildman–Crippen LogP) is 2.08. The molecule has 3 aromatic rings. The molecule has 25 heavy (non-hydrogen) atoms. The maximum absolute atomic E-state index is 4.55. The van der Waals surface area contributed by atoms with Crippen molar-refractivity contribution < 1.29 is 0 Å². The van der Waals surface area contributed by atoms with Crippen LogP contribution < -0.4 is 4.90 Å². The highest BCUT2D eigenvalue weighted by molar-refractivity contribution is 7.11. The average Bonchev–Trinajstić information content (AvgIpc) is 3.09. The summed E-state index contributed by atoms with van der Waals surface area (Å²) < 4.78 is 2.04. The monoisotopic (exact) mass is 357 g/mol. The van der Waals surface area contributed by atoms with Crippen molar-refractivity contribution in [2.45, 2.75) is 39.8 Å². The van der Waals surface area contributed by atoms with Crippen LogP contribution in [0.3, 0.4) is 0 Å². The van der Waals surface area contributed by atoms with Crippen LogP contribution in [0, 0.1) is 13.8 Å². The van der Waals surface area contributed by atoms with E-state index in [1.165, 1.54) is 4.88 Å². The van der Waals surface area contributed by atoms with Crippen LogP contribution >= 0.6 is 11.3 Å². The molecule has 0 radical (unpaired) electrons. The molecule has 132 valence electrons. The van der Waals surface area contributed by atoms with Gasteiger partial charge in [-0.05, 0) is 20.9 Å². The maximum atomic E-state index is 4.55. The molecule has 0 amide bonds. The lowest BCUT2D eigenvalue weighted by molar-refractivity contribution is 0.198. The van der Waals surface area contributed by atoms with Gasteiger partial charge in [0.05, 0.1) is 10.7 Å². The smallest absolute Gasteiger partial charge is 0.203 e. The minimum atomic E-state index is 0.525. The first-order valence-corrected chi connectivity index (χ1v) is 9.45. The largest absolute Gasteiger partial charge is 0.350 e. The summed E-state index contributed by atoms with van der Waals surface area (Å²) in [6.45, 7) is 9.15. The van der Waals surface area contributed by atoms with Crippen LogP contribution in [0.15, 0.2) is 12.4 Å². The van der Waals surface area contributed by atoms with Crippen LogP contribution in [0.4, 0.5) is 5.82 Å². The van der Waals surface area contributed by atoms with Gasteiger partial charge in [0, 0.05) is 49.4 Å². The molecule has 4 heterocycles. The number of rotatable bonds is 5. The summed E-state index contributed by atoms with van der Waals surface area (Å²) in [5.74, 6) is 1.91. The lowest BCUT2D eigenvalue weighted by Gasteiger charge is -2.44. The number of fused-ring (bicyclic) bond motifs is 1. The van der Waals surface area contributed by atoms with Gasteiger partial charge in [0.2, 0.25) is 5.65 Å². The van der Waals surface area contributed by atoms with E-state index < -0.39 is 0 Å². The first kappa shape index (κ1) is 16.4. The van der Waals surface area contributed by atoms with Gasteiger partial charge >= 0.3 is 0 Å². The van der Waals surface area contributed by atoms with Crippen LogP contribution in [0.1, 0.15) is 28.3 Å². The number of aromatic nitrogens is 5. The summed E-state index contributed by atoms with van der Waals surface area (Å²) in [6.07, 6.45) is 4.64. The highest BCUT2D eigenvalue weighted by atomic mass is 32.1. The Kier molecular flexibility index (Phi) is 4.16. The van der Waals surface area contributed by atoms with Crippen molar-refractivity contribution in [2.75, 3.05) is 25.0 Å². The van der Waals surface area contributed by atoms with Gasteiger partial charge in [0.1, 0.15) is 5.82 Å². The lowest BCUT2D eigenvalue weighted by atomic mass is 10.1. The fourth-order valence-electron chi connectivity index (χ4n) is 3.31. The van der Waals surface area contributed by atoms with Crippen molar-refractivity contribution in [2.24, 2.45) is 0 Å². The normalized spacial score (nSPS) is 15.3. The number of hydrogen-bond donors (Lipinski definition) is 0. The predicted molar refractivity (Wildman–Crippen MR) is 99.2 cm³/mol. The standard InChI is InChI=1S/C17H23N7S/c1-5-15-20-21-17-16(18-6-7-24(15)17)23-8-13(9-23)22(4)10-14-11(2)19-12(3)25-14/h6-7,13H,5,8-10H2,1-4H3. The van der Waals surface area contributed by atoms with Gasteiger partial charge in [0.15, 0.2) is 5.82 Å². The van der Waals surface area contributed by atoms with E-state index in [2.05, 4.69) is 57.8 Å². The van der Waals surface area contributed by atoms with E-state index in [4.69, 9.17) is 0 Å². The molecule has 3 aromatic heterocycles. The molecule has 1 aliphatic heterocycles. The topological polar surface area (TPSA) is 62.5 Å². The molecular weight excluding hydrogens is 334 g/mol. The molecule has 8 heteroatoms. The van der Waals surface area contributed by atoms with E-state index in [0.717, 1.165) is 54.0 Å². The highest BCUT2D eigenvalue weighted by Crippen LogP contribution is 2.27. The molecule has 0 atom stereocenters. The van der Waals surface area contributed by atoms with Crippen molar-refractivity contribution in [3.05, 3.63) is 33.8 Å². The molecule has 4 rings (SSSR count). The zero-order chi connectivity index (χ0) is 17.6. The van der Waals surface area contributed by atoms with Gasteiger partial charge in [0.25, 0.3) is 0 Å². The summed E-state index contributed by atoms with van der Waals surface area (Å²) in [7, 11) is 2.19. The van der Waals surface area contributed by atoms with E-state index in [0.29, 0.717) is 6.04 Å². The highest BCUT2D eigenvalue weighted by Gasteiger charge is 2.33. The van der Waals surface area contributed by atoms with Crippen LogP contribution in [0.2, 0.25) is 0 Å². The molecule has 1 saturated heterocycles. The molecule has 0 aromatic carbocycles. The molecular formula is C17H23N7S. The van der Waals surface area contributed by atoms with Crippen LogP contribution in [0.5, 0.6) is 0 Å². The molecule has 0 spiro atoms. The number of anilines is 1. The molecule has 0 aliphatic carbocycles. The van der Waals surface area contributed by atoms with Crippen molar-refractivity contribution in [3.8, 4) is 0 Å². The van der Waals surface area contributed by atoms with Crippen molar-refractivity contribution in [1.29, 1.82) is 0 Å². The molecule has 0 N–H and O–H groups in total. The Hall–Kier alpha value is -2.06. The Balaban J connectivity index is 1.45. The molecule has 0 saturated carbocycles. The third kappa shape index (κ3) is 2.89. The zero-order valence-electron chi connectivity index (χ0n) is 15.1. The number of hydrogen-bond acceptors (Lipinski definition) is 7. The average molecular weight is 357 g/mol.